The molecule has 0 amide bonds. The molecular formula is C17H18FNO2. The Labute approximate surface area is 123 Å². The Balaban J connectivity index is 1.70. The van der Waals surface area contributed by atoms with E-state index in [-0.39, 0.29) is 24.7 Å². The van der Waals surface area contributed by atoms with Crippen LogP contribution >= 0.6 is 0 Å². The van der Waals surface area contributed by atoms with Gasteiger partial charge in [0.15, 0.2) is 11.5 Å². The SMILES string of the molecule is CC(N[C@H](C)c1ccc(F)cc1)c1ccc2c(c1)OCO2. The summed E-state index contributed by atoms with van der Waals surface area (Å²) in [6.45, 7) is 4.45. The fraction of sp³-hybridized carbons (Fsp3) is 0.294. The number of hydrogen-bond acceptors (Lipinski definition) is 3. The molecule has 0 fully saturated rings. The molecule has 2 aromatic carbocycles. The maximum atomic E-state index is 13.0. The van der Waals surface area contributed by atoms with Crippen molar-refractivity contribution in [2.24, 2.45) is 0 Å². The highest BCUT2D eigenvalue weighted by Crippen LogP contribution is 2.34. The van der Waals surface area contributed by atoms with Crippen LogP contribution in [0.25, 0.3) is 0 Å². The highest BCUT2D eigenvalue weighted by Gasteiger charge is 2.17. The van der Waals surface area contributed by atoms with Crippen LogP contribution in [0.2, 0.25) is 0 Å². The fourth-order valence-electron chi connectivity index (χ4n) is 2.50. The molecular weight excluding hydrogens is 269 g/mol. The number of hydrogen-bond donors (Lipinski definition) is 1. The van der Waals surface area contributed by atoms with Gasteiger partial charge in [0.2, 0.25) is 6.79 Å². The Morgan fingerprint density at radius 1 is 0.905 bits per heavy atom. The van der Waals surface area contributed by atoms with Gasteiger partial charge in [0.25, 0.3) is 0 Å². The van der Waals surface area contributed by atoms with Gasteiger partial charge in [-0.15, -0.1) is 0 Å². The summed E-state index contributed by atoms with van der Waals surface area (Å²) in [4.78, 5) is 0. The maximum Gasteiger partial charge on any atom is 0.231 e. The summed E-state index contributed by atoms with van der Waals surface area (Å²) in [5.74, 6) is 1.36. The number of rotatable bonds is 4. The standard InChI is InChI=1S/C17H18FNO2/c1-11(13-3-6-15(18)7-4-13)19-12(2)14-5-8-16-17(9-14)21-10-20-16/h3-9,11-12,19H,10H2,1-2H3/t11-,12?/m1/s1. The molecule has 0 saturated carbocycles. The molecule has 0 aromatic heterocycles. The third-order valence-electron chi connectivity index (χ3n) is 3.77. The lowest BCUT2D eigenvalue weighted by atomic mass is 10.0. The lowest BCUT2D eigenvalue weighted by Gasteiger charge is -2.21. The monoisotopic (exact) mass is 287 g/mol. The lowest BCUT2D eigenvalue weighted by Crippen LogP contribution is -2.22. The molecule has 0 radical (unpaired) electrons. The Bertz CT molecular complexity index is 627. The number of fused-ring (bicyclic) bond motifs is 1. The smallest absolute Gasteiger partial charge is 0.231 e. The number of nitrogens with one attached hydrogen (secondary N) is 1. The molecule has 21 heavy (non-hydrogen) atoms. The number of ether oxygens (including phenoxy) is 2. The number of halogens is 1. The van der Waals surface area contributed by atoms with Crippen molar-refractivity contribution in [2.75, 3.05) is 6.79 Å². The topological polar surface area (TPSA) is 30.5 Å². The van der Waals surface area contributed by atoms with Crippen LogP contribution in [0.4, 0.5) is 4.39 Å². The van der Waals surface area contributed by atoms with Crippen molar-refractivity contribution >= 4 is 0 Å². The summed E-state index contributed by atoms with van der Waals surface area (Å²) >= 11 is 0. The first-order valence-corrected chi connectivity index (χ1v) is 7.04. The van der Waals surface area contributed by atoms with Crippen LogP contribution in [0.3, 0.4) is 0 Å². The van der Waals surface area contributed by atoms with Gasteiger partial charge in [-0.1, -0.05) is 18.2 Å². The zero-order valence-corrected chi connectivity index (χ0v) is 12.1. The third-order valence-corrected chi connectivity index (χ3v) is 3.77. The second kappa shape index (κ2) is 5.74. The van der Waals surface area contributed by atoms with Crippen molar-refractivity contribution in [3.8, 4) is 11.5 Å². The zero-order valence-electron chi connectivity index (χ0n) is 12.1. The third kappa shape index (κ3) is 3.00. The number of benzene rings is 2. The van der Waals surface area contributed by atoms with Crippen LogP contribution in [0.5, 0.6) is 11.5 Å². The van der Waals surface area contributed by atoms with Gasteiger partial charge in [-0.25, -0.2) is 4.39 Å². The highest BCUT2D eigenvalue weighted by molar-refractivity contribution is 5.45. The van der Waals surface area contributed by atoms with Crippen molar-refractivity contribution in [3.63, 3.8) is 0 Å². The quantitative estimate of drug-likeness (QED) is 0.923. The molecule has 1 unspecified atom stereocenters. The predicted molar refractivity (Wildman–Crippen MR) is 78.9 cm³/mol. The van der Waals surface area contributed by atoms with Crippen LogP contribution < -0.4 is 14.8 Å². The molecule has 0 bridgehead atoms. The van der Waals surface area contributed by atoms with Gasteiger partial charge in [0.05, 0.1) is 0 Å². The minimum atomic E-state index is -0.213. The van der Waals surface area contributed by atoms with Gasteiger partial charge in [-0.3, -0.25) is 0 Å². The summed E-state index contributed by atoms with van der Waals surface area (Å²) in [6.07, 6.45) is 0. The minimum Gasteiger partial charge on any atom is -0.454 e. The molecule has 2 aromatic rings. The Kier molecular flexibility index (Phi) is 3.80. The van der Waals surface area contributed by atoms with E-state index in [4.69, 9.17) is 9.47 Å². The summed E-state index contributed by atoms with van der Waals surface area (Å²) in [5, 5.41) is 3.50. The zero-order chi connectivity index (χ0) is 14.8. The second-order valence-electron chi connectivity index (χ2n) is 5.27. The highest BCUT2D eigenvalue weighted by atomic mass is 19.1. The van der Waals surface area contributed by atoms with Crippen LogP contribution in [-0.2, 0) is 0 Å². The first-order chi connectivity index (χ1) is 10.1. The molecule has 0 saturated heterocycles. The van der Waals surface area contributed by atoms with Crippen molar-refractivity contribution < 1.29 is 13.9 Å². The van der Waals surface area contributed by atoms with E-state index in [9.17, 15) is 4.39 Å². The molecule has 0 spiro atoms. The molecule has 4 heteroatoms. The molecule has 2 atom stereocenters. The average molecular weight is 287 g/mol. The van der Waals surface area contributed by atoms with E-state index in [1.54, 1.807) is 12.1 Å². The van der Waals surface area contributed by atoms with Crippen LogP contribution in [0.15, 0.2) is 42.5 Å². The summed E-state index contributed by atoms with van der Waals surface area (Å²) in [7, 11) is 0. The van der Waals surface area contributed by atoms with Crippen molar-refractivity contribution in [3.05, 3.63) is 59.4 Å². The first kappa shape index (κ1) is 13.9. The molecule has 3 nitrogen and oxygen atoms in total. The van der Waals surface area contributed by atoms with E-state index >= 15 is 0 Å². The van der Waals surface area contributed by atoms with Gasteiger partial charge >= 0.3 is 0 Å². The second-order valence-corrected chi connectivity index (χ2v) is 5.27. The van der Waals surface area contributed by atoms with E-state index in [0.29, 0.717) is 0 Å². The Morgan fingerprint density at radius 3 is 2.29 bits per heavy atom. The average Bonchev–Trinajstić information content (AvgIpc) is 2.95. The molecule has 1 N–H and O–H groups in total. The Hall–Kier alpha value is -2.07. The molecule has 1 aliphatic heterocycles. The molecule has 1 aliphatic rings. The largest absolute Gasteiger partial charge is 0.454 e. The van der Waals surface area contributed by atoms with E-state index in [1.165, 1.54) is 12.1 Å². The van der Waals surface area contributed by atoms with E-state index < -0.39 is 0 Å². The normalized spacial score (nSPS) is 15.8. The summed E-state index contributed by atoms with van der Waals surface area (Å²) < 4.78 is 23.7. The first-order valence-electron chi connectivity index (χ1n) is 7.04. The molecule has 110 valence electrons. The van der Waals surface area contributed by atoms with Crippen molar-refractivity contribution in [1.82, 2.24) is 5.32 Å². The fourth-order valence-corrected chi connectivity index (χ4v) is 2.50. The Morgan fingerprint density at radius 2 is 1.52 bits per heavy atom. The van der Waals surface area contributed by atoms with E-state index in [2.05, 4.69) is 19.2 Å². The molecule has 1 heterocycles. The lowest BCUT2D eigenvalue weighted by molar-refractivity contribution is 0.174. The van der Waals surface area contributed by atoms with Gasteiger partial charge < -0.3 is 14.8 Å². The van der Waals surface area contributed by atoms with Crippen LogP contribution in [-0.4, -0.2) is 6.79 Å². The van der Waals surface area contributed by atoms with Gasteiger partial charge in [-0.2, -0.15) is 0 Å². The van der Waals surface area contributed by atoms with E-state index in [1.807, 2.05) is 18.2 Å². The van der Waals surface area contributed by atoms with Crippen molar-refractivity contribution in [1.29, 1.82) is 0 Å². The van der Waals surface area contributed by atoms with Crippen LogP contribution in [0, 0.1) is 5.82 Å². The van der Waals surface area contributed by atoms with Gasteiger partial charge in [0, 0.05) is 12.1 Å². The minimum absolute atomic E-state index is 0.131. The van der Waals surface area contributed by atoms with Gasteiger partial charge in [-0.05, 0) is 49.2 Å². The molecule has 3 rings (SSSR count). The van der Waals surface area contributed by atoms with Gasteiger partial charge in [0.1, 0.15) is 5.82 Å². The van der Waals surface area contributed by atoms with Crippen molar-refractivity contribution in [2.45, 2.75) is 25.9 Å². The summed E-state index contributed by atoms with van der Waals surface area (Å²) in [5.41, 5.74) is 2.19. The predicted octanol–water partition coefficient (Wildman–Crippen LogP) is 3.97. The van der Waals surface area contributed by atoms with E-state index in [0.717, 1.165) is 22.6 Å². The van der Waals surface area contributed by atoms with Crippen LogP contribution in [0.1, 0.15) is 37.1 Å². The summed E-state index contributed by atoms with van der Waals surface area (Å²) in [6, 6.07) is 12.8. The maximum absolute atomic E-state index is 13.0. The molecule has 0 aliphatic carbocycles.